The van der Waals surface area contributed by atoms with Crippen LogP contribution in [0.25, 0.3) is 0 Å². The Labute approximate surface area is 128 Å². The second-order valence-corrected chi connectivity index (χ2v) is 5.33. The van der Waals surface area contributed by atoms with Gasteiger partial charge in [0.05, 0.1) is 17.7 Å². The summed E-state index contributed by atoms with van der Waals surface area (Å²) in [5.74, 6) is -0.942. The molecule has 0 aliphatic rings. The second kappa shape index (κ2) is 8.82. The van der Waals surface area contributed by atoms with Crippen LogP contribution >= 0.6 is 23.2 Å². The van der Waals surface area contributed by atoms with Crippen LogP contribution in [-0.2, 0) is 9.47 Å². The normalized spacial score (nSPS) is 10.4. The first-order valence-electron chi connectivity index (χ1n) is 6.27. The van der Waals surface area contributed by atoms with Gasteiger partial charge in [0, 0.05) is 0 Å². The first-order valence-corrected chi connectivity index (χ1v) is 7.14. The molecule has 6 heteroatoms. The number of benzene rings is 1. The molecule has 1 rings (SSSR count). The Bertz CT molecular complexity index is 443. The van der Waals surface area contributed by atoms with Crippen LogP contribution in [0.3, 0.4) is 0 Å². The van der Waals surface area contributed by atoms with Gasteiger partial charge in [-0.05, 0) is 30.7 Å². The van der Waals surface area contributed by atoms with Gasteiger partial charge in [-0.15, -0.1) is 23.2 Å². The number of halogens is 2. The molecule has 0 amide bonds. The zero-order valence-electron chi connectivity index (χ0n) is 11.1. The predicted octanol–water partition coefficient (Wildman–Crippen LogP) is 3.60. The van der Waals surface area contributed by atoms with Crippen molar-refractivity contribution in [1.82, 2.24) is 0 Å². The maximum absolute atomic E-state index is 11.6. The summed E-state index contributed by atoms with van der Waals surface area (Å²) in [6, 6.07) is 6.03. The van der Waals surface area contributed by atoms with E-state index in [1.807, 2.05) is 6.92 Å². The van der Waals surface area contributed by atoms with E-state index in [9.17, 15) is 9.59 Å². The molecule has 0 aliphatic carbocycles. The lowest BCUT2D eigenvalue weighted by Crippen LogP contribution is -2.11. The first-order chi connectivity index (χ1) is 9.54. The van der Waals surface area contributed by atoms with E-state index in [2.05, 4.69) is 0 Å². The number of hydrogen-bond donors (Lipinski definition) is 0. The molecule has 0 saturated heterocycles. The smallest absolute Gasteiger partial charge is 0.338 e. The highest BCUT2D eigenvalue weighted by molar-refractivity contribution is 6.44. The van der Waals surface area contributed by atoms with E-state index >= 15 is 0 Å². The molecule has 1 aromatic rings. The van der Waals surface area contributed by atoms with Crippen molar-refractivity contribution in [2.24, 2.45) is 0 Å². The van der Waals surface area contributed by atoms with Crippen LogP contribution in [-0.4, -0.2) is 30.0 Å². The third-order valence-corrected chi connectivity index (χ3v) is 2.68. The van der Waals surface area contributed by atoms with E-state index in [1.54, 1.807) is 0 Å². The van der Waals surface area contributed by atoms with Crippen molar-refractivity contribution in [1.29, 1.82) is 0 Å². The van der Waals surface area contributed by atoms with E-state index in [0.29, 0.717) is 17.7 Å². The first kappa shape index (κ1) is 16.8. The molecule has 0 unspecified atom stereocenters. The number of alkyl halides is 2. The van der Waals surface area contributed by atoms with Crippen molar-refractivity contribution in [2.75, 3.05) is 13.2 Å². The van der Waals surface area contributed by atoms with Crippen LogP contribution in [0.1, 0.15) is 40.5 Å². The molecule has 0 aliphatic heterocycles. The van der Waals surface area contributed by atoms with Gasteiger partial charge in [-0.25, -0.2) is 9.59 Å². The monoisotopic (exact) mass is 318 g/mol. The molecule has 0 radical (unpaired) electrons. The maximum atomic E-state index is 11.6. The molecule has 0 bridgehead atoms. The molecule has 0 spiro atoms. The van der Waals surface area contributed by atoms with Gasteiger partial charge in [0.15, 0.2) is 0 Å². The van der Waals surface area contributed by atoms with Gasteiger partial charge >= 0.3 is 11.9 Å². The summed E-state index contributed by atoms with van der Waals surface area (Å²) >= 11 is 10.9. The summed E-state index contributed by atoms with van der Waals surface area (Å²) in [4.78, 5) is 22.5. The van der Waals surface area contributed by atoms with E-state index < -0.39 is 16.8 Å². The number of carbonyl (C=O) groups excluding carboxylic acids is 2. The van der Waals surface area contributed by atoms with Crippen molar-refractivity contribution in [3.63, 3.8) is 0 Å². The number of hydrogen-bond acceptors (Lipinski definition) is 4. The van der Waals surface area contributed by atoms with Crippen LogP contribution in [0, 0.1) is 0 Å². The van der Waals surface area contributed by atoms with Gasteiger partial charge in [-0.1, -0.05) is 13.3 Å². The Kier molecular flexibility index (Phi) is 7.41. The van der Waals surface area contributed by atoms with Crippen molar-refractivity contribution < 1.29 is 19.1 Å². The lowest BCUT2D eigenvalue weighted by molar-refractivity contribution is 0.0492. The van der Waals surface area contributed by atoms with E-state index in [4.69, 9.17) is 32.7 Å². The fraction of sp³-hybridized carbons (Fsp3) is 0.429. The summed E-state index contributed by atoms with van der Waals surface area (Å²) < 4.78 is 9.91. The van der Waals surface area contributed by atoms with Gasteiger partial charge in [0.1, 0.15) is 11.4 Å². The molecule has 110 valence electrons. The Balaban J connectivity index is 2.55. The fourth-order valence-electron chi connectivity index (χ4n) is 1.36. The number of unbranched alkanes of at least 4 members (excludes halogenated alkanes) is 1. The molecule has 4 nitrogen and oxygen atoms in total. The Hall–Kier alpha value is -1.26. The minimum atomic E-state index is -0.758. The standard InChI is InChI=1S/C14H16Cl2O4/c1-2-3-8-19-13(17)10-4-6-11(7-5-10)14(18)20-9-12(15)16/h4-7,12H,2-3,8-9H2,1H3. The Morgan fingerprint density at radius 1 is 1.05 bits per heavy atom. The fourth-order valence-corrected chi connectivity index (χ4v) is 1.48. The lowest BCUT2D eigenvalue weighted by Gasteiger charge is -2.06. The molecule has 1 aromatic carbocycles. The molecule has 0 atom stereocenters. The molecular formula is C14H16Cl2O4. The zero-order valence-corrected chi connectivity index (χ0v) is 12.6. The quantitative estimate of drug-likeness (QED) is 0.438. The molecule has 0 aromatic heterocycles. The summed E-state index contributed by atoms with van der Waals surface area (Å²) in [5, 5.41) is 0. The maximum Gasteiger partial charge on any atom is 0.338 e. The average molecular weight is 319 g/mol. The summed E-state index contributed by atoms with van der Waals surface area (Å²) in [6.07, 6.45) is 1.79. The second-order valence-electron chi connectivity index (χ2n) is 4.06. The SMILES string of the molecule is CCCCOC(=O)c1ccc(C(=O)OCC(Cl)Cl)cc1. The highest BCUT2D eigenvalue weighted by Crippen LogP contribution is 2.09. The van der Waals surface area contributed by atoms with Gasteiger partial charge < -0.3 is 9.47 Å². The number of carbonyl (C=O) groups is 2. The van der Waals surface area contributed by atoms with Crippen molar-refractivity contribution in [3.8, 4) is 0 Å². The van der Waals surface area contributed by atoms with Gasteiger partial charge in [0.25, 0.3) is 0 Å². The Morgan fingerprint density at radius 3 is 2.00 bits per heavy atom. The molecule has 0 fully saturated rings. The number of esters is 2. The molecule has 0 saturated carbocycles. The minimum absolute atomic E-state index is 0.0806. The predicted molar refractivity (Wildman–Crippen MR) is 77.4 cm³/mol. The third-order valence-electron chi connectivity index (χ3n) is 2.43. The Morgan fingerprint density at radius 2 is 1.55 bits per heavy atom. The number of rotatable bonds is 7. The highest BCUT2D eigenvalue weighted by Gasteiger charge is 2.11. The van der Waals surface area contributed by atoms with Crippen molar-refractivity contribution in [2.45, 2.75) is 24.6 Å². The molecule has 20 heavy (non-hydrogen) atoms. The molecule has 0 N–H and O–H groups in total. The van der Waals surface area contributed by atoms with Crippen molar-refractivity contribution in [3.05, 3.63) is 35.4 Å². The number of ether oxygens (including phenoxy) is 2. The van der Waals surface area contributed by atoms with Gasteiger partial charge in [-0.2, -0.15) is 0 Å². The minimum Gasteiger partial charge on any atom is -0.462 e. The molecule has 0 heterocycles. The summed E-state index contributed by atoms with van der Waals surface area (Å²) in [6.45, 7) is 2.33. The lowest BCUT2D eigenvalue weighted by atomic mass is 10.1. The highest BCUT2D eigenvalue weighted by atomic mass is 35.5. The van der Waals surface area contributed by atoms with Gasteiger partial charge in [-0.3, -0.25) is 0 Å². The van der Waals surface area contributed by atoms with E-state index in [0.717, 1.165) is 12.8 Å². The summed E-state index contributed by atoms with van der Waals surface area (Å²) in [7, 11) is 0. The van der Waals surface area contributed by atoms with Crippen LogP contribution < -0.4 is 0 Å². The zero-order chi connectivity index (χ0) is 15.0. The van der Waals surface area contributed by atoms with E-state index in [-0.39, 0.29) is 6.61 Å². The van der Waals surface area contributed by atoms with Gasteiger partial charge in [0.2, 0.25) is 0 Å². The third kappa shape index (κ3) is 5.80. The van der Waals surface area contributed by atoms with E-state index in [1.165, 1.54) is 24.3 Å². The van der Waals surface area contributed by atoms with Crippen molar-refractivity contribution >= 4 is 35.1 Å². The summed E-state index contributed by atoms with van der Waals surface area (Å²) in [5.41, 5.74) is 0.717. The largest absolute Gasteiger partial charge is 0.462 e. The van der Waals surface area contributed by atoms with Crippen LogP contribution in [0.5, 0.6) is 0 Å². The topological polar surface area (TPSA) is 52.6 Å². The van der Waals surface area contributed by atoms with Crippen LogP contribution in [0.4, 0.5) is 0 Å². The van der Waals surface area contributed by atoms with Crippen LogP contribution in [0.15, 0.2) is 24.3 Å². The average Bonchev–Trinajstić information content (AvgIpc) is 2.45. The molecular weight excluding hydrogens is 303 g/mol. The van der Waals surface area contributed by atoms with Crippen LogP contribution in [0.2, 0.25) is 0 Å².